The highest BCUT2D eigenvalue weighted by Crippen LogP contribution is 2.35. The van der Waals surface area contributed by atoms with Gasteiger partial charge in [-0.2, -0.15) is 18.2 Å². The van der Waals surface area contributed by atoms with Crippen LogP contribution in [0.3, 0.4) is 0 Å². The summed E-state index contributed by atoms with van der Waals surface area (Å²) < 4.78 is 52.8. The number of piperidine rings is 1. The Labute approximate surface area is 225 Å². The molecule has 3 N–H and O–H groups in total. The van der Waals surface area contributed by atoms with Crippen molar-refractivity contribution in [2.75, 3.05) is 23.7 Å². The lowest BCUT2D eigenvalue weighted by atomic mass is 9.89. The van der Waals surface area contributed by atoms with Crippen molar-refractivity contribution in [3.63, 3.8) is 0 Å². The average molecular weight is 544 g/mol. The summed E-state index contributed by atoms with van der Waals surface area (Å²) in [6, 6.07) is 11.7. The van der Waals surface area contributed by atoms with Crippen LogP contribution in [0.25, 0.3) is 0 Å². The second-order valence-electron chi connectivity index (χ2n) is 10.5. The van der Waals surface area contributed by atoms with E-state index in [0.717, 1.165) is 81.4 Å². The molecule has 1 aromatic heterocycles. The van der Waals surface area contributed by atoms with E-state index >= 15 is 0 Å². The summed E-state index contributed by atoms with van der Waals surface area (Å²) in [5.74, 6) is 0.910. The SMILES string of the molecule is O[C@H]1CC[C@H](Nc2nc(Nc3cccc(C(F)(F)F)c3)ncc2C2CCN(Cc3ccc(F)cc3)CC2)CC1. The van der Waals surface area contributed by atoms with Gasteiger partial charge >= 0.3 is 6.18 Å². The molecule has 1 saturated heterocycles. The number of benzene rings is 2. The number of rotatable bonds is 7. The third-order valence-electron chi connectivity index (χ3n) is 7.65. The van der Waals surface area contributed by atoms with E-state index < -0.39 is 11.7 Å². The molecule has 5 rings (SSSR count). The summed E-state index contributed by atoms with van der Waals surface area (Å²) in [5.41, 5.74) is 1.59. The lowest BCUT2D eigenvalue weighted by Crippen LogP contribution is -2.33. The quantitative estimate of drug-likeness (QED) is 0.297. The maximum Gasteiger partial charge on any atom is 0.416 e. The highest BCUT2D eigenvalue weighted by Gasteiger charge is 2.31. The number of aliphatic hydroxyl groups is 1. The molecule has 6 nitrogen and oxygen atoms in total. The largest absolute Gasteiger partial charge is 0.416 e. The molecule has 2 heterocycles. The zero-order chi connectivity index (χ0) is 27.4. The zero-order valence-corrected chi connectivity index (χ0v) is 21.6. The molecule has 3 aromatic rings. The van der Waals surface area contributed by atoms with Crippen LogP contribution in [0.15, 0.2) is 54.7 Å². The number of nitrogens with zero attached hydrogens (tertiary/aromatic N) is 3. The normalized spacial score (nSPS) is 21.1. The Morgan fingerprint density at radius 1 is 0.949 bits per heavy atom. The van der Waals surface area contributed by atoms with Gasteiger partial charge in [0.25, 0.3) is 0 Å². The van der Waals surface area contributed by atoms with Gasteiger partial charge in [0.15, 0.2) is 0 Å². The minimum absolute atomic E-state index is 0.155. The van der Waals surface area contributed by atoms with Crippen molar-refractivity contribution in [1.82, 2.24) is 14.9 Å². The molecule has 1 saturated carbocycles. The topological polar surface area (TPSA) is 73.3 Å². The summed E-state index contributed by atoms with van der Waals surface area (Å²) in [4.78, 5) is 11.5. The first-order valence-electron chi connectivity index (χ1n) is 13.5. The van der Waals surface area contributed by atoms with Crippen LogP contribution in [0.2, 0.25) is 0 Å². The number of anilines is 3. The van der Waals surface area contributed by atoms with Gasteiger partial charge in [0.05, 0.1) is 11.7 Å². The zero-order valence-electron chi connectivity index (χ0n) is 21.6. The molecular weight excluding hydrogens is 510 g/mol. The summed E-state index contributed by atoms with van der Waals surface area (Å²) in [5, 5.41) is 16.4. The number of nitrogens with one attached hydrogen (secondary N) is 2. The minimum Gasteiger partial charge on any atom is -0.393 e. The summed E-state index contributed by atoms with van der Waals surface area (Å²) >= 11 is 0. The Balaban J connectivity index is 1.31. The Bertz CT molecular complexity index is 1240. The van der Waals surface area contributed by atoms with Crippen molar-refractivity contribution in [2.24, 2.45) is 0 Å². The molecule has 208 valence electrons. The van der Waals surface area contributed by atoms with Crippen LogP contribution in [-0.2, 0) is 12.7 Å². The van der Waals surface area contributed by atoms with E-state index in [4.69, 9.17) is 4.98 Å². The molecular formula is C29H33F4N5O. The van der Waals surface area contributed by atoms with Gasteiger partial charge in [0, 0.05) is 30.0 Å². The number of aliphatic hydroxyl groups excluding tert-OH is 1. The molecule has 1 aliphatic heterocycles. The second-order valence-corrected chi connectivity index (χ2v) is 10.5. The van der Waals surface area contributed by atoms with Crippen molar-refractivity contribution in [1.29, 1.82) is 0 Å². The summed E-state index contributed by atoms with van der Waals surface area (Å²) in [6.45, 7) is 2.52. The van der Waals surface area contributed by atoms with Gasteiger partial charge in [0.2, 0.25) is 5.95 Å². The highest BCUT2D eigenvalue weighted by molar-refractivity contribution is 5.58. The van der Waals surface area contributed by atoms with E-state index in [0.29, 0.717) is 5.82 Å². The Hall–Kier alpha value is -3.24. The number of aromatic nitrogens is 2. The molecule has 0 spiro atoms. The fourth-order valence-electron chi connectivity index (χ4n) is 5.43. The molecule has 39 heavy (non-hydrogen) atoms. The van der Waals surface area contributed by atoms with Gasteiger partial charge in [-0.25, -0.2) is 9.37 Å². The average Bonchev–Trinajstić information content (AvgIpc) is 2.92. The van der Waals surface area contributed by atoms with Crippen LogP contribution in [0, 0.1) is 5.82 Å². The van der Waals surface area contributed by atoms with Crippen molar-refractivity contribution >= 4 is 17.5 Å². The van der Waals surface area contributed by atoms with E-state index in [1.807, 2.05) is 12.1 Å². The smallest absolute Gasteiger partial charge is 0.393 e. The van der Waals surface area contributed by atoms with Gasteiger partial charge in [-0.3, -0.25) is 4.90 Å². The Kier molecular flexibility index (Phi) is 8.32. The highest BCUT2D eigenvalue weighted by atomic mass is 19.4. The molecule has 0 atom stereocenters. The van der Waals surface area contributed by atoms with Crippen molar-refractivity contribution in [2.45, 2.75) is 69.3 Å². The standard InChI is InChI=1S/C29H33F4N5O/c30-22-6-4-19(5-7-22)18-38-14-12-20(13-15-38)26-17-34-28(36-24-3-1-2-21(16-24)29(31,32)33)37-27(26)35-23-8-10-25(39)11-9-23/h1-7,16-17,20,23,25,39H,8-15,18H2,(H2,34,35,36,37)/t23-,25-. The van der Waals surface area contributed by atoms with E-state index in [9.17, 15) is 22.7 Å². The number of likely N-dealkylation sites (tertiary alicyclic amines) is 1. The van der Waals surface area contributed by atoms with Crippen molar-refractivity contribution < 1.29 is 22.7 Å². The maximum absolute atomic E-state index is 13.3. The molecule has 0 bridgehead atoms. The van der Waals surface area contributed by atoms with Crippen LogP contribution in [0.1, 0.15) is 61.1 Å². The number of halogens is 4. The van der Waals surface area contributed by atoms with Crippen LogP contribution in [0.4, 0.5) is 35.0 Å². The predicted molar refractivity (Wildman–Crippen MR) is 142 cm³/mol. The number of alkyl halides is 3. The Morgan fingerprint density at radius 2 is 1.67 bits per heavy atom. The van der Waals surface area contributed by atoms with Crippen molar-refractivity contribution in [3.05, 3.63) is 77.2 Å². The Morgan fingerprint density at radius 3 is 2.36 bits per heavy atom. The van der Waals surface area contributed by atoms with E-state index in [1.165, 1.54) is 18.2 Å². The van der Waals surface area contributed by atoms with Crippen LogP contribution in [-0.4, -0.2) is 45.2 Å². The van der Waals surface area contributed by atoms with E-state index in [2.05, 4.69) is 20.5 Å². The van der Waals surface area contributed by atoms with Gasteiger partial charge in [-0.15, -0.1) is 0 Å². The summed E-state index contributed by atoms with van der Waals surface area (Å²) in [6.07, 6.45) is 1.94. The molecule has 10 heteroatoms. The van der Waals surface area contributed by atoms with Gasteiger partial charge in [0.1, 0.15) is 11.6 Å². The fourth-order valence-corrected chi connectivity index (χ4v) is 5.43. The van der Waals surface area contributed by atoms with Gasteiger partial charge in [-0.05, 0) is 93.4 Å². The first-order valence-corrected chi connectivity index (χ1v) is 13.5. The number of hydrogen-bond donors (Lipinski definition) is 3. The lowest BCUT2D eigenvalue weighted by Gasteiger charge is -2.33. The van der Waals surface area contributed by atoms with Gasteiger partial charge in [-0.1, -0.05) is 18.2 Å². The second kappa shape index (κ2) is 11.9. The van der Waals surface area contributed by atoms with Crippen molar-refractivity contribution in [3.8, 4) is 0 Å². The monoisotopic (exact) mass is 543 g/mol. The molecule has 0 amide bonds. The first kappa shape index (κ1) is 27.3. The van der Waals surface area contributed by atoms with E-state index in [1.54, 1.807) is 12.3 Å². The third-order valence-corrected chi connectivity index (χ3v) is 7.65. The van der Waals surface area contributed by atoms with Crippen LogP contribution in [0.5, 0.6) is 0 Å². The fraction of sp³-hybridized carbons (Fsp3) is 0.448. The molecule has 2 fully saturated rings. The molecule has 0 unspecified atom stereocenters. The minimum atomic E-state index is -4.44. The number of hydrogen-bond acceptors (Lipinski definition) is 6. The molecule has 0 radical (unpaired) electrons. The molecule has 1 aliphatic carbocycles. The predicted octanol–water partition coefficient (Wildman–Crippen LogP) is 6.47. The van der Waals surface area contributed by atoms with Crippen LogP contribution >= 0.6 is 0 Å². The van der Waals surface area contributed by atoms with E-state index in [-0.39, 0.29) is 35.5 Å². The first-order chi connectivity index (χ1) is 18.7. The lowest BCUT2D eigenvalue weighted by molar-refractivity contribution is -0.137. The summed E-state index contributed by atoms with van der Waals surface area (Å²) in [7, 11) is 0. The third kappa shape index (κ3) is 7.24. The molecule has 2 aliphatic rings. The molecule has 2 aromatic carbocycles. The van der Waals surface area contributed by atoms with Gasteiger partial charge < -0.3 is 15.7 Å². The maximum atomic E-state index is 13.3. The van der Waals surface area contributed by atoms with Crippen LogP contribution < -0.4 is 10.6 Å².